The van der Waals surface area contributed by atoms with Crippen LogP contribution in [-0.4, -0.2) is 38.0 Å². The summed E-state index contributed by atoms with van der Waals surface area (Å²) in [7, 11) is 4.12. The molecule has 3 heteroatoms. The lowest BCUT2D eigenvalue weighted by atomic mass is 9.84. The van der Waals surface area contributed by atoms with Crippen molar-refractivity contribution in [2.45, 2.75) is 84.6 Å². The molecule has 1 aromatic rings. The maximum absolute atomic E-state index is 10.5. The third-order valence-electron chi connectivity index (χ3n) is 6.09. The van der Waals surface area contributed by atoms with Gasteiger partial charge in [-0.1, -0.05) is 88.1 Å². The standard InChI is InChI=1S/C15H18.C11H22N2O.C2H6/c1-3-13-7-5-9-15(11-13)14-8-4-6-12(2)10-14;1-13(2)8-11(12-9-14)10-6-4-3-5-7-10;1-2/h4-7,9-11,14H,3,8H2,1-2H3;9-11H,3-8H2,1-2H3,(H,12,14);1-2H3/t;11-;/m.1./s1. The van der Waals surface area contributed by atoms with Gasteiger partial charge < -0.3 is 10.2 Å². The summed E-state index contributed by atoms with van der Waals surface area (Å²) in [6.07, 6.45) is 16.6. The predicted molar refractivity (Wildman–Crippen MR) is 136 cm³/mol. The molecule has 0 aliphatic heterocycles. The summed E-state index contributed by atoms with van der Waals surface area (Å²) in [5.74, 6) is 1.28. The van der Waals surface area contributed by atoms with E-state index in [-0.39, 0.29) is 0 Å². The first kappa shape index (κ1) is 27.2. The van der Waals surface area contributed by atoms with E-state index in [1.165, 1.54) is 48.8 Å². The van der Waals surface area contributed by atoms with Crippen molar-refractivity contribution in [2.24, 2.45) is 5.92 Å². The summed E-state index contributed by atoms with van der Waals surface area (Å²) in [5.41, 5.74) is 4.28. The van der Waals surface area contributed by atoms with E-state index in [1.54, 1.807) is 0 Å². The molecule has 0 spiro atoms. The molecule has 1 unspecified atom stereocenters. The summed E-state index contributed by atoms with van der Waals surface area (Å²) in [6.45, 7) is 9.34. The van der Waals surface area contributed by atoms with Crippen molar-refractivity contribution in [1.29, 1.82) is 0 Å². The van der Waals surface area contributed by atoms with Gasteiger partial charge in [0.05, 0.1) is 0 Å². The number of carbonyl (C=O) groups is 1. The fourth-order valence-electron chi connectivity index (χ4n) is 4.47. The molecule has 3 nitrogen and oxygen atoms in total. The van der Waals surface area contributed by atoms with Crippen molar-refractivity contribution >= 4 is 6.41 Å². The third kappa shape index (κ3) is 10.3. The monoisotopic (exact) mass is 426 g/mol. The molecule has 1 N–H and O–H groups in total. The van der Waals surface area contributed by atoms with Gasteiger partial charge in [0.25, 0.3) is 0 Å². The number of nitrogens with one attached hydrogen (secondary N) is 1. The van der Waals surface area contributed by atoms with Gasteiger partial charge in [-0.2, -0.15) is 0 Å². The van der Waals surface area contributed by atoms with E-state index in [0.717, 1.165) is 25.8 Å². The van der Waals surface area contributed by atoms with Crippen molar-refractivity contribution in [2.75, 3.05) is 20.6 Å². The normalized spacial score (nSPS) is 19.3. The van der Waals surface area contributed by atoms with E-state index < -0.39 is 0 Å². The quantitative estimate of drug-likeness (QED) is 0.504. The highest BCUT2D eigenvalue weighted by molar-refractivity contribution is 5.46. The van der Waals surface area contributed by atoms with Crippen molar-refractivity contribution in [3.05, 3.63) is 59.2 Å². The smallest absolute Gasteiger partial charge is 0.207 e. The molecule has 0 bridgehead atoms. The van der Waals surface area contributed by atoms with Crippen molar-refractivity contribution in [3.8, 4) is 0 Å². The number of likely N-dealkylation sites (N-methyl/N-ethyl adjacent to an activating group) is 1. The predicted octanol–water partition coefficient (Wildman–Crippen LogP) is 6.51. The Labute approximate surface area is 192 Å². The van der Waals surface area contributed by atoms with Crippen LogP contribution in [0.15, 0.2) is 48.1 Å². The molecule has 2 atom stereocenters. The molecule has 31 heavy (non-hydrogen) atoms. The van der Waals surface area contributed by atoms with E-state index in [9.17, 15) is 4.79 Å². The summed E-state index contributed by atoms with van der Waals surface area (Å²) in [5, 5.41) is 2.96. The summed E-state index contributed by atoms with van der Waals surface area (Å²) in [4.78, 5) is 12.7. The van der Waals surface area contributed by atoms with E-state index in [0.29, 0.717) is 17.9 Å². The molecule has 0 saturated heterocycles. The number of nitrogens with zero attached hydrogens (tertiary/aromatic N) is 1. The Bertz CT molecular complexity index is 671. The zero-order chi connectivity index (χ0) is 23.1. The maximum atomic E-state index is 10.5. The van der Waals surface area contributed by atoms with Crippen LogP contribution in [0.5, 0.6) is 0 Å². The number of benzene rings is 1. The topological polar surface area (TPSA) is 32.3 Å². The molecule has 1 fully saturated rings. The molecule has 0 aromatic heterocycles. The molecular formula is C28H46N2O. The van der Waals surface area contributed by atoms with Crippen LogP contribution >= 0.6 is 0 Å². The molecular weight excluding hydrogens is 380 g/mol. The fraction of sp³-hybridized carbons (Fsp3) is 0.607. The maximum Gasteiger partial charge on any atom is 0.207 e. The molecule has 174 valence electrons. The van der Waals surface area contributed by atoms with Crippen LogP contribution in [0.2, 0.25) is 0 Å². The second kappa shape index (κ2) is 15.9. The number of allylic oxidation sites excluding steroid dienone is 4. The van der Waals surface area contributed by atoms with E-state index in [4.69, 9.17) is 0 Å². The summed E-state index contributed by atoms with van der Waals surface area (Å²) in [6, 6.07) is 9.32. The van der Waals surface area contributed by atoms with Crippen LogP contribution in [0.1, 0.15) is 83.3 Å². The van der Waals surface area contributed by atoms with Gasteiger partial charge in [0.2, 0.25) is 6.41 Å². The van der Waals surface area contributed by atoms with Gasteiger partial charge in [0.1, 0.15) is 0 Å². The molecule has 0 heterocycles. The molecule has 1 amide bonds. The molecule has 2 aliphatic carbocycles. The molecule has 1 aromatic carbocycles. The zero-order valence-corrected chi connectivity index (χ0v) is 20.9. The van der Waals surface area contributed by atoms with Gasteiger partial charge in [-0.15, -0.1) is 0 Å². The Kier molecular flexibility index (Phi) is 13.9. The minimum atomic E-state index is 0.350. The molecule has 3 rings (SSSR count). The number of amides is 1. The minimum Gasteiger partial charge on any atom is -0.354 e. The molecule has 0 radical (unpaired) electrons. The number of hydrogen-bond acceptors (Lipinski definition) is 2. The second-order valence-electron chi connectivity index (χ2n) is 8.81. The van der Waals surface area contributed by atoms with Crippen molar-refractivity contribution in [3.63, 3.8) is 0 Å². The summed E-state index contributed by atoms with van der Waals surface area (Å²) >= 11 is 0. The zero-order valence-electron chi connectivity index (χ0n) is 20.9. The average molecular weight is 427 g/mol. The fourth-order valence-corrected chi connectivity index (χ4v) is 4.47. The van der Waals surface area contributed by atoms with Crippen LogP contribution < -0.4 is 5.32 Å². The van der Waals surface area contributed by atoms with Crippen LogP contribution in [0.25, 0.3) is 0 Å². The lowest BCUT2D eigenvalue weighted by molar-refractivity contribution is -0.110. The minimum absolute atomic E-state index is 0.350. The number of hydrogen-bond donors (Lipinski definition) is 1. The third-order valence-corrected chi connectivity index (χ3v) is 6.09. The van der Waals surface area contributed by atoms with E-state index in [1.807, 2.05) is 13.8 Å². The van der Waals surface area contributed by atoms with Gasteiger partial charge in [-0.05, 0) is 63.7 Å². The van der Waals surface area contributed by atoms with Crippen molar-refractivity contribution in [1.82, 2.24) is 10.2 Å². The Balaban J connectivity index is 0.000000288. The van der Waals surface area contributed by atoms with Crippen LogP contribution in [0, 0.1) is 5.92 Å². The highest BCUT2D eigenvalue weighted by atomic mass is 16.1. The number of rotatable bonds is 7. The SMILES string of the molecule is CC.CCc1cccc(C2C=C(C)C=CC2)c1.CN(C)C[C@@H](NC=O)C1CCCCC1. The second-order valence-corrected chi connectivity index (χ2v) is 8.81. The van der Waals surface area contributed by atoms with Gasteiger partial charge in [-0.25, -0.2) is 0 Å². The van der Waals surface area contributed by atoms with Crippen molar-refractivity contribution < 1.29 is 4.79 Å². The van der Waals surface area contributed by atoms with Gasteiger partial charge in [0.15, 0.2) is 0 Å². The van der Waals surface area contributed by atoms with Gasteiger partial charge in [0, 0.05) is 18.5 Å². The number of carbonyl (C=O) groups excluding carboxylic acids is 1. The lowest BCUT2D eigenvalue weighted by Crippen LogP contribution is -2.43. The van der Waals surface area contributed by atoms with E-state index in [2.05, 4.69) is 80.7 Å². The first-order valence-corrected chi connectivity index (χ1v) is 12.3. The molecule has 1 saturated carbocycles. The average Bonchev–Trinajstić information content (AvgIpc) is 2.81. The van der Waals surface area contributed by atoms with Crippen LogP contribution in [-0.2, 0) is 11.2 Å². The van der Waals surface area contributed by atoms with Crippen LogP contribution in [0.4, 0.5) is 0 Å². The first-order chi connectivity index (χ1) is 15.0. The Morgan fingerprint density at radius 3 is 2.45 bits per heavy atom. The number of aryl methyl sites for hydroxylation is 1. The Morgan fingerprint density at radius 2 is 1.87 bits per heavy atom. The van der Waals surface area contributed by atoms with Gasteiger partial charge >= 0.3 is 0 Å². The molecule has 2 aliphatic rings. The first-order valence-electron chi connectivity index (χ1n) is 12.3. The summed E-state index contributed by atoms with van der Waals surface area (Å²) < 4.78 is 0. The largest absolute Gasteiger partial charge is 0.354 e. The Morgan fingerprint density at radius 1 is 1.16 bits per heavy atom. The van der Waals surface area contributed by atoms with Gasteiger partial charge in [-0.3, -0.25) is 4.79 Å². The van der Waals surface area contributed by atoms with E-state index >= 15 is 0 Å². The highest BCUT2D eigenvalue weighted by Gasteiger charge is 2.23. The highest BCUT2D eigenvalue weighted by Crippen LogP contribution is 2.28. The lowest BCUT2D eigenvalue weighted by Gasteiger charge is -2.31. The Hall–Kier alpha value is -1.87. The van der Waals surface area contributed by atoms with Crippen LogP contribution in [0.3, 0.4) is 0 Å².